The lowest BCUT2D eigenvalue weighted by molar-refractivity contribution is 0.657. The van der Waals surface area contributed by atoms with Gasteiger partial charge in [-0.3, -0.25) is 0 Å². The van der Waals surface area contributed by atoms with E-state index in [2.05, 4.69) is 10.3 Å². The Hall–Kier alpha value is -1.55. The smallest absolute Gasteiger partial charge is 0.142 e. The van der Waals surface area contributed by atoms with Crippen LogP contribution in [-0.4, -0.2) is 15.0 Å². The topological polar surface area (TPSA) is 56.7 Å². The molecule has 0 aliphatic carbocycles. The van der Waals surface area contributed by atoms with Crippen molar-refractivity contribution in [2.24, 2.45) is 0 Å². The van der Waals surface area contributed by atoms with Gasteiger partial charge in [-0.2, -0.15) is 0 Å². The van der Waals surface area contributed by atoms with Gasteiger partial charge in [0, 0.05) is 5.02 Å². The van der Waals surface area contributed by atoms with E-state index in [9.17, 15) is 0 Å². The highest BCUT2D eigenvalue weighted by molar-refractivity contribution is 6.31. The standard InChI is InChI=1S/C10H11ClN4/c1-7-4-8(2-3-9(7)11)6-15-10(12)5-13-14-15/h2-5H,6,12H2,1H3. The van der Waals surface area contributed by atoms with Crippen LogP contribution in [0.15, 0.2) is 24.4 Å². The summed E-state index contributed by atoms with van der Waals surface area (Å²) in [7, 11) is 0. The maximum Gasteiger partial charge on any atom is 0.142 e. The van der Waals surface area contributed by atoms with E-state index in [1.165, 1.54) is 6.20 Å². The molecule has 0 radical (unpaired) electrons. The number of anilines is 1. The molecule has 4 nitrogen and oxygen atoms in total. The summed E-state index contributed by atoms with van der Waals surface area (Å²) in [6.07, 6.45) is 1.53. The van der Waals surface area contributed by atoms with Gasteiger partial charge in [0.05, 0.1) is 12.7 Å². The predicted molar refractivity (Wildman–Crippen MR) is 59.7 cm³/mol. The highest BCUT2D eigenvalue weighted by atomic mass is 35.5. The van der Waals surface area contributed by atoms with Crippen molar-refractivity contribution in [2.75, 3.05) is 5.73 Å². The van der Waals surface area contributed by atoms with Crippen molar-refractivity contribution in [3.8, 4) is 0 Å². The van der Waals surface area contributed by atoms with E-state index in [-0.39, 0.29) is 0 Å². The van der Waals surface area contributed by atoms with E-state index < -0.39 is 0 Å². The molecule has 1 aromatic heterocycles. The number of nitrogens with zero attached hydrogens (tertiary/aromatic N) is 3. The first-order chi connectivity index (χ1) is 7.16. The Morgan fingerprint density at radius 1 is 1.47 bits per heavy atom. The molecule has 15 heavy (non-hydrogen) atoms. The normalized spacial score (nSPS) is 10.5. The maximum atomic E-state index is 5.93. The Morgan fingerprint density at radius 3 is 2.87 bits per heavy atom. The second-order valence-electron chi connectivity index (χ2n) is 3.40. The fourth-order valence-electron chi connectivity index (χ4n) is 1.37. The average molecular weight is 223 g/mol. The third-order valence-electron chi connectivity index (χ3n) is 2.20. The van der Waals surface area contributed by atoms with Crippen LogP contribution >= 0.6 is 11.6 Å². The summed E-state index contributed by atoms with van der Waals surface area (Å²) in [6, 6.07) is 5.85. The third kappa shape index (κ3) is 2.10. The highest BCUT2D eigenvalue weighted by Gasteiger charge is 2.02. The molecule has 0 aliphatic rings. The number of aryl methyl sites for hydroxylation is 1. The number of rotatable bonds is 2. The zero-order valence-corrected chi connectivity index (χ0v) is 9.07. The Morgan fingerprint density at radius 2 is 2.27 bits per heavy atom. The molecule has 0 fully saturated rings. The van der Waals surface area contributed by atoms with E-state index in [0.29, 0.717) is 12.4 Å². The lowest BCUT2D eigenvalue weighted by Crippen LogP contribution is -2.05. The van der Waals surface area contributed by atoms with Crippen molar-refractivity contribution in [3.63, 3.8) is 0 Å². The molecule has 2 N–H and O–H groups in total. The Labute approximate surface area is 92.7 Å². The molecule has 78 valence electrons. The average Bonchev–Trinajstić information content (AvgIpc) is 2.59. The molecule has 0 unspecified atom stereocenters. The number of benzene rings is 1. The van der Waals surface area contributed by atoms with Crippen molar-refractivity contribution < 1.29 is 0 Å². The van der Waals surface area contributed by atoms with Crippen LogP contribution in [-0.2, 0) is 6.54 Å². The molecular formula is C10H11ClN4. The summed E-state index contributed by atoms with van der Waals surface area (Å²) in [4.78, 5) is 0. The zero-order valence-electron chi connectivity index (χ0n) is 8.31. The fourth-order valence-corrected chi connectivity index (χ4v) is 1.48. The molecule has 2 rings (SSSR count). The van der Waals surface area contributed by atoms with Gasteiger partial charge in [-0.05, 0) is 24.1 Å². The summed E-state index contributed by atoms with van der Waals surface area (Å²) >= 11 is 5.93. The molecule has 0 aliphatic heterocycles. The second-order valence-corrected chi connectivity index (χ2v) is 3.81. The molecule has 0 bridgehead atoms. The Bertz CT molecular complexity index is 478. The molecule has 0 spiro atoms. The minimum atomic E-state index is 0.558. The minimum Gasteiger partial charge on any atom is -0.383 e. The summed E-state index contributed by atoms with van der Waals surface area (Å²) in [5.74, 6) is 0.558. The van der Waals surface area contributed by atoms with E-state index in [0.717, 1.165) is 16.1 Å². The van der Waals surface area contributed by atoms with Crippen molar-refractivity contribution in [1.29, 1.82) is 0 Å². The second kappa shape index (κ2) is 3.90. The van der Waals surface area contributed by atoms with Gasteiger partial charge in [0.1, 0.15) is 5.82 Å². The van der Waals surface area contributed by atoms with Gasteiger partial charge < -0.3 is 5.73 Å². The van der Waals surface area contributed by atoms with Crippen LogP contribution in [0.3, 0.4) is 0 Å². The Kier molecular flexibility index (Phi) is 2.60. The molecule has 0 atom stereocenters. The quantitative estimate of drug-likeness (QED) is 0.844. The molecule has 0 amide bonds. The molecule has 5 heteroatoms. The number of nitrogens with two attached hydrogens (primary N) is 1. The van der Waals surface area contributed by atoms with E-state index in [4.69, 9.17) is 17.3 Å². The first-order valence-electron chi connectivity index (χ1n) is 4.56. The molecule has 0 saturated heterocycles. The Balaban J connectivity index is 2.25. The summed E-state index contributed by atoms with van der Waals surface area (Å²) in [5.41, 5.74) is 7.82. The number of hydrogen-bond donors (Lipinski definition) is 1. The van der Waals surface area contributed by atoms with Gasteiger partial charge >= 0.3 is 0 Å². The summed E-state index contributed by atoms with van der Waals surface area (Å²) in [5, 5.41) is 8.36. The van der Waals surface area contributed by atoms with Crippen molar-refractivity contribution in [2.45, 2.75) is 13.5 Å². The SMILES string of the molecule is Cc1cc(Cn2nncc2N)ccc1Cl. The van der Waals surface area contributed by atoms with Crippen molar-refractivity contribution in [1.82, 2.24) is 15.0 Å². The van der Waals surface area contributed by atoms with Crippen LogP contribution in [0.5, 0.6) is 0 Å². The van der Waals surface area contributed by atoms with Crippen LogP contribution in [0.2, 0.25) is 5.02 Å². The van der Waals surface area contributed by atoms with Crippen molar-refractivity contribution >= 4 is 17.4 Å². The maximum absolute atomic E-state index is 5.93. The van der Waals surface area contributed by atoms with Gasteiger partial charge in [-0.25, -0.2) is 4.68 Å². The zero-order chi connectivity index (χ0) is 10.8. The number of hydrogen-bond acceptors (Lipinski definition) is 3. The molecular weight excluding hydrogens is 212 g/mol. The summed E-state index contributed by atoms with van der Waals surface area (Å²) in [6.45, 7) is 2.58. The summed E-state index contributed by atoms with van der Waals surface area (Å²) < 4.78 is 1.64. The lowest BCUT2D eigenvalue weighted by atomic mass is 10.1. The number of aromatic nitrogens is 3. The lowest BCUT2D eigenvalue weighted by Gasteiger charge is -2.05. The van der Waals surface area contributed by atoms with Gasteiger partial charge in [-0.1, -0.05) is 28.9 Å². The van der Waals surface area contributed by atoms with Gasteiger partial charge in [-0.15, -0.1) is 5.10 Å². The minimum absolute atomic E-state index is 0.558. The number of nitrogen functional groups attached to an aromatic ring is 1. The monoisotopic (exact) mass is 222 g/mol. The molecule has 0 saturated carbocycles. The highest BCUT2D eigenvalue weighted by Crippen LogP contribution is 2.17. The van der Waals surface area contributed by atoms with Crippen LogP contribution in [0.1, 0.15) is 11.1 Å². The fraction of sp³-hybridized carbons (Fsp3) is 0.200. The third-order valence-corrected chi connectivity index (χ3v) is 2.63. The predicted octanol–water partition coefficient (Wildman–Crippen LogP) is 1.87. The van der Waals surface area contributed by atoms with Gasteiger partial charge in [0.15, 0.2) is 0 Å². The van der Waals surface area contributed by atoms with Crippen LogP contribution in [0, 0.1) is 6.92 Å². The van der Waals surface area contributed by atoms with Crippen LogP contribution < -0.4 is 5.73 Å². The number of halogens is 1. The first kappa shape index (κ1) is 9.98. The van der Waals surface area contributed by atoms with Crippen molar-refractivity contribution in [3.05, 3.63) is 40.5 Å². The van der Waals surface area contributed by atoms with E-state index in [1.54, 1.807) is 4.68 Å². The van der Waals surface area contributed by atoms with Crippen LogP contribution in [0.4, 0.5) is 5.82 Å². The molecule has 1 heterocycles. The molecule has 1 aromatic carbocycles. The first-order valence-corrected chi connectivity index (χ1v) is 4.93. The van der Waals surface area contributed by atoms with Gasteiger partial charge in [0.2, 0.25) is 0 Å². The van der Waals surface area contributed by atoms with Gasteiger partial charge in [0.25, 0.3) is 0 Å². The van der Waals surface area contributed by atoms with E-state index in [1.807, 2.05) is 25.1 Å². The van der Waals surface area contributed by atoms with Crippen LogP contribution in [0.25, 0.3) is 0 Å². The molecule has 2 aromatic rings. The van der Waals surface area contributed by atoms with E-state index >= 15 is 0 Å². The largest absolute Gasteiger partial charge is 0.383 e.